The van der Waals surface area contributed by atoms with Crippen LogP contribution in [0.4, 0.5) is 11.5 Å². The molecule has 29 heavy (non-hydrogen) atoms. The normalized spacial score (nSPS) is 14.4. The number of anilines is 2. The van der Waals surface area contributed by atoms with Crippen molar-refractivity contribution < 1.29 is 9.53 Å². The topological polar surface area (TPSA) is 80.2 Å². The summed E-state index contributed by atoms with van der Waals surface area (Å²) in [5.74, 6) is 1.92. The lowest BCUT2D eigenvalue weighted by Gasteiger charge is -2.31. The SMILES string of the molecule is O=C(Nc1cnccc1Oc1ccccc1)C1CCN(c2ccc(Cl)nn2)CC1. The van der Waals surface area contributed by atoms with Crippen molar-refractivity contribution in [3.63, 3.8) is 0 Å². The van der Waals surface area contributed by atoms with Crippen LogP contribution in [0.5, 0.6) is 11.5 Å². The van der Waals surface area contributed by atoms with Gasteiger partial charge in [0.1, 0.15) is 11.4 Å². The Morgan fingerprint density at radius 3 is 2.59 bits per heavy atom. The number of ether oxygens (including phenoxy) is 1. The molecule has 0 bridgehead atoms. The van der Waals surface area contributed by atoms with E-state index >= 15 is 0 Å². The van der Waals surface area contributed by atoms with Crippen LogP contribution in [0.15, 0.2) is 60.9 Å². The average molecular weight is 410 g/mol. The second-order valence-corrected chi connectivity index (χ2v) is 7.14. The van der Waals surface area contributed by atoms with Gasteiger partial charge in [0.15, 0.2) is 16.7 Å². The minimum atomic E-state index is -0.0868. The first-order chi connectivity index (χ1) is 14.2. The van der Waals surface area contributed by atoms with Crippen molar-refractivity contribution in [1.29, 1.82) is 0 Å². The van der Waals surface area contributed by atoms with Crippen LogP contribution in [0.25, 0.3) is 0 Å². The first kappa shape index (κ1) is 19.1. The molecule has 0 saturated carbocycles. The van der Waals surface area contributed by atoms with Gasteiger partial charge in [0, 0.05) is 31.3 Å². The fourth-order valence-electron chi connectivity index (χ4n) is 3.26. The van der Waals surface area contributed by atoms with Gasteiger partial charge in [-0.2, -0.15) is 0 Å². The summed E-state index contributed by atoms with van der Waals surface area (Å²) in [6, 6.07) is 14.7. The molecule has 1 fully saturated rings. The predicted octanol–water partition coefficient (Wildman–Crippen LogP) is 4.17. The minimum Gasteiger partial charge on any atom is -0.455 e. The van der Waals surface area contributed by atoms with Crippen LogP contribution in [-0.4, -0.2) is 34.2 Å². The number of halogens is 1. The van der Waals surface area contributed by atoms with E-state index in [0.717, 1.165) is 31.7 Å². The van der Waals surface area contributed by atoms with Crippen molar-refractivity contribution in [2.45, 2.75) is 12.8 Å². The summed E-state index contributed by atoms with van der Waals surface area (Å²) in [7, 11) is 0. The molecular weight excluding hydrogens is 390 g/mol. The molecule has 0 spiro atoms. The third kappa shape index (κ3) is 4.81. The maximum atomic E-state index is 12.8. The Labute approximate surface area is 173 Å². The number of rotatable bonds is 5. The molecule has 148 valence electrons. The largest absolute Gasteiger partial charge is 0.455 e. The van der Waals surface area contributed by atoms with Crippen LogP contribution >= 0.6 is 11.6 Å². The monoisotopic (exact) mass is 409 g/mol. The Morgan fingerprint density at radius 2 is 1.86 bits per heavy atom. The van der Waals surface area contributed by atoms with Crippen LogP contribution in [0, 0.1) is 5.92 Å². The highest BCUT2D eigenvalue weighted by Crippen LogP contribution is 2.30. The average Bonchev–Trinajstić information content (AvgIpc) is 2.76. The van der Waals surface area contributed by atoms with Gasteiger partial charge in [-0.3, -0.25) is 9.78 Å². The number of hydrogen-bond donors (Lipinski definition) is 1. The van der Waals surface area contributed by atoms with E-state index in [1.54, 1.807) is 24.5 Å². The van der Waals surface area contributed by atoms with Crippen LogP contribution in [-0.2, 0) is 4.79 Å². The molecule has 8 heteroatoms. The lowest BCUT2D eigenvalue weighted by atomic mass is 9.96. The summed E-state index contributed by atoms with van der Waals surface area (Å²) in [5.41, 5.74) is 0.562. The summed E-state index contributed by atoms with van der Waals surface area (Å²) >= 11 is 5.80. The number of nitrogens with zero attached hydrogens (tertiary/aromatic N) is 4. The van der Waals surface area contributed by atoms with E-state index in [4.69, 9.17) is 16.3 Å². The number of carbonyl (C=O) groups excluding carboxylic acids is 1. The molecule has 1 N–H and O–H groups in total. The van der Waals surface area contributed by atoms with Crippen LogP contribution in [0.1, 0.15) is 12.8 Å². The van der Waals surface area contributed by atoms with E-state index in [0.29, 0.717) is 22.3 Å². The highest BCUT2D eigenvalue weighted by atomic mass is 35.5. The molecular formula is C21H20ClN5O2. The van der Waals surface area contributed by atoms with Gasteiger partial charge in [-0.05, 0) is 37.1 Å². The fraction of sp³-hybridized carbons (Fsp3) is 0.238. The number of aromatic nitrogens is 3. The van der Waals surface area contributed by atoms with E-state index in [-0.39, 0.29) is 11.8 Å². The molecule has 1 saturated heterocycles. The zero-order valence-electron chi connectivity index (χ0n) is 15.7. The highest BCUT2D eigenvalue weighted by Gasteiger charge is 2.26. The van der Waals surface area contributed by atoms with Crippen LogP contribution in [0.3, 0.4) is 0 Å². The molecule has 1 aromatic carbocycles. The van der Waals surface area contributed by atoms with Gasteiger partial charge in [-0.25, -0.2) is 0 Å². The van der Waals surface area contributed by atoms with Crippen molar-refractivity contribution in [3.05, 3.63) is 66.1 Å². The minimum absolute atomic E-state index is 0.0299. The lowest BCUT2D eigenvalue weighted by molar-refractivity contribution is -0.120. The van der Waals surface area contributed by atoms with E-state index in [2.05, 4.69) is 25.4 Å². The lowest BCUT2D eigenvalue weighted by Crippen LogP contribution is -2.38. The Bertz CT molecular complexity index is 960. The van der Waals surface area contributed by atoms with Gasteiger partial charge in [-0.15, -0.1) is 10.2 Å². The van der Waals surface area contributed by atoms with Crippen molar-refractivity contribution in [2.75, 3.05) is 23.3 Å². The Balaban J connectivity index is 1.37. The molecule has 0 atom stereocenters. The summed E-state index contributed by atoms with van der Waals surface area (Å²) in [6.07, 6.45) is 4.70. The first-order valence-corrected chi connectivity index (χ1v) is 9.79. The molecule has 1 amide bonds. The molecule has 0 radical (unpaired) electrons. The van der Waals surface area contributed by atoms with Crippen molar-refractivity contribution >= 4 is 29.0 Å². The van der Waals surface area contributed by atoms with Gasteiger partial charge < -0.3 is 15.0 Å². The van der Waals surface area contributed by atoms with Gasteiger partial charge in [0.05, 0.1) is 6.20 Å². The van der Waals surface area contributed by atoms with Gasteiger partial charge in [0.25, 0.3) is 0 Å². The maximum Gasteiger partial charge on any atom is 0.227 e. The van der Waals surface area contributed by atoms with E-state index < -0.39 is 0 Å². The van der Waals surface area contributed by atoms with Crippen molar-refractivity contribution in [3.8, 4) is 11.5 Å². The van der Waals surface area contributed by atoms with E-state index in [1.807, 2.05) is 36.4 Å². The molecule has 0 aliphatic carbocycles. The van der Waals surface area contributed by atoms with Gasteiger partial charge in [-0.1, -0.05) is 29.8 Å². The van der Waals surface area contributed by atoms with Crippen LogP contribution < -0.4 is 15.0 Å². The number of carbonyl (C=O) groups is 1. The van der Waals surface area contributed by atoms with E-state index in [1.165, 1.54) is 0 Å². The number of pyridine rings is 1. The zero-order chi connectivity index (χ0) is 20.1. The number of piperidine rings is 1. The van der Waals surface area contributed by atoms with Crippen molar-refractivity contribution in [1.82, 2.24) is 15.2 Å². The summed E-state index contributed by atoms with van der Waals surface area (Å²) < 4.78 is 5.89. The predicted molar refractivity (Wildman–Crippen MR) is 111 cm³/mol. The first-order valence-electron chi connectivity index (χ1n) is 9.41. The summed E-state index contributed by atoms with van der Waals surface area (Å²) in [6.45, 7) is 1.46. The summed E-state index contributed by atoms with van der Waals surface area (Å²) in [4.78, 5) is 19.0. The number of para-hydroxylation sites is 1. The number of amides is 1. The third-order valence-corrected chi connectivity index (χ3v) is 5.02. The smallest absolute Gasteiger partial charge is 0.227 e. The zero-order valence-corrected chi connectivity index (χ0v) is 16.4. The molecule has 2 aromatic heterocycles. The molecule has 1 aliphatic heterocycles. The molecule has 0 unspecified atom stereocenters. The molecule has 1 aliphatic rings. The standard InChI is InChI=1S/C21H20ClN5O2/c22-19-6-7-20(26-25-19)27-12-9-15(10-13-27)21(28)24-17-14-23-11-8-18(17)29-16-4-2-1-3-5-16/h1-8,11,14-15H,9-10,12-13H2,(H,24,28). The second kappa shape index (κ2) is 8.87. The fourth-order valence-corrected chi connectivity index (χ4v) is 3.36. The number of nitrogens with one attached hydrogen (secondary N) is 1. The van der Waals surface area contributed by atoms with Crippen molar-refractivity contribution in [2.24, 2.45) is 5.92 Å². The molecule has 3 heterocycles. The number of hydrogen-bond acceptors (Lipinski definition) is 6. The van der Waals surface area contributed by atoms with Gasteiger partial charge >= 0.3 is 0 Å². The molecule has 7 nitrogen and oxygen atoms in total. The maximum absolute atomic E-state index is 12.8. The molecule has 3 aromatic rings. The van der Waals surface area contributed by atoms with E-state index in [9.17, 15) is 4.79 Å². The summed E-state index contributed by atoms with van der Waals surface area (Å²) in [5, 5.41) is 11.3. The third-order valence-electron chi connectivity index (χ3n) is 4.82. The molecule has 4 rings (SSSR count). The Kier molecular flexibility index (Phi) is 5.86. The second-order valence-electron chi connectivity index (χ2n) is 6.75. The Morgan fingerprint density at radius 1 is 1.07 bits per heavy atom. The van der Waals surface area contributed by atoms with Gasteiger partial charge in [0.2, 0.25) is 5.91 Å². The number of benzene rings is 1. The Hall–Kier alpha value is -3.19. The highest BCUT2D eigenvalue weighted by molar-refractivity contribution is 6.29. The van der Waals surface area contributed by atoms with Crippen LogP contribution in [0.2, 0.25) is 5.15 Å². The quantitative estimate of drug-likeness (QED) is 0.681.